The van der Waals surface area contributed by atoms with Gasteiger partial charge in [-0.2, -0.15) is 0 Å². The molecule has 0 aliphatic carbocycles. The van der Waals surface area contributed by atoms with Crippen LogP contribution < -0.4 is 10.5 Å². The Hall–Kier alpha value is -1.07. The van der Waals surface area contributed by atoms with Crippen molar-refractivity contribution in [2.45, 2.75) is 13.8 Å². The molecule has 1 aromatic heterocycles. The van der Waals surface area contributed by atoms with E-state index in [0.29, 0.717) is 25.6 Å². The number of hydrogen-bond acceptors (Lipinski definition) is 4. The summed E-state index contributed by atoms with van der Waals surface area (Å²) < 4.78 is 5.26. The smallest absolute Gasteiger partial charge is 0.271 e. The van der Waals surface area contributed by atoms with Gasteiger partial charge in [0.25, 0.3) is 5.56 Å². The third kappa shape index (κ3) is 3.21. The van der Waals surface area contributed by atoms with Crippen LogP contribution in [0.25, 0.3) is 0 Å². The zero-order chi connectivity index (χ0) is 12.0. The maximum atomic E-state index is 11.3. The quantitative estimate of drug-likeness (QED) is 0.768. The molecule has 5 nitrogen and oxygen atoms in total. The number of anilines is 1. The van der Waals surface area contributed by atoms with Crippen molar-refractivity contribution in [2.75, 3.05) is 31.2 Å². The Morgan fingerprint density at radius 3 is 2.94 bits per heavy atom. The third-order valence-corrected chi connectivity index (χ3v) is 2.51. The van der Waals surface area contributed by atoms with E-state index in [1.165, 1.54) is 6.33 Å². The molecule has 1 rings (SSSR count). The molecule has 1 heterocycles. The maximum absolute atomic E-state index is 11.3. The van der Waals surface area contributed by atoms with Crippen molar-refractivity contribution in [3.8, 4) is 0 Å². The van der Waals surface area contributed by atoms with Crippen molar-refractivity contribution in [3.63, 3.8) is 0 Å². The predicted molar refractivity (Wildman–Crippen MR) is 64.2 cm³/mol. The lowest BCUT2D eigenvalue weighted by molar-refractivity contribution is 0.154. The van der Waals surface area contributed by atoms with Crippen LogP contribution in [0.3, 0.4) is 0 Å². The van der Waals surface area contributed by atoms with Gasteiger partial charge in [-0.15, -0.1) is 0 Å². The zero-order valence-electron chi connectivity index (χ0n) is 9.49. The van der Waals surface area contributed by atoms with E-state index in [9.17, 15) is 4.79 Å². The molecule has 0 unspecified atom stereocenters. The molecule has 16 heavy (non-hydrogen) atoms. The lowest BCUT2D eigenvalue weighted by Gasteiger charge is -2.21. The maximum Gasteiger partial charge on any atom is 0.271 e. The Labute approximate surface area is 99.4 Å². The van der Waals surface area contributed by atoms with E-state index in [2.05, 4.69) is 9.97 Å². The molecular weight excluding hydrogens is 230 g/mol. The normalized spacial score (nSPS) is 10.4. The molecule has 0 bridgehead atoms. The minimum absolute atomic E-state index is 0.126. The number of likely N-dealkylation sites (N-methyl/N-ethyl adjacent to an activating group) is 1. The first-order valence-corrected chi connectivity index (χ1v) is 5.64. The molecule has 0 amide bonds. The molecule has 6 heteroatoms. The number of aromatic nitrogens is 2. The largest absolute Gasteiger partial charge is 0.380 e. The number of nitrogens with zero attached hydrogens (tertiary/aromatic N) is 2. The highest BCUT2D eigenvalue weighted by molar-refractivity contribution is 6.32. The molecule has 0 spiro atoms. The van der Waals surface area contributed by atoms with Crippen LogP contribution in [-0.4, -0.2) is 36.3 Å². The van der Waals surface area contributed by atoms with Crippen molar-refractivity contribution in [2.24, 2.45) is 0 Å². The Kier molecular flexibility index (Phi) is 5.28. The van der Waals surface area contributed by atoms with Crippen molar-refractivity contribution in [3.05, 3.63) is 21.7 Å². The molecule has 0 atom stereocenters. The molecule has 0 aliphatic heterocycles. The number of rotatable bonds is 6. The zero-order valence-corrected chi connectivity index (χ0v) is 10.3. The summed E-state index contributed by atoms with van der Waals surface area (Å²) in [5, 5.41) is 0.126. The lowest BCUT2D eigenvalue weighted by Crippen LogP contribution is -2.29. The van der Waals surface area contributed by atoms with Crippen molar-refractivity contribution in [1.82, 2.24) is 9.97 Å². The molecule has 0 radical (unpaired) electrons. The summed E-state index contributed by atoms with van der Waals surface area (Å²) in [6.07, 6.45) is 1.35. The number of hydrogen-bond donors (Lipinski definition) is 1. The predicted octanol–water partition coefficient (Wildman–Crippen LogP) is 1.29. The van der Waals surface area contributed by atoms with Gasteiger partial charge in [0.15, 0.2) is 5.82 Å². The number of H-pyrrole nitrogens is 1. The average Bonchev–Trinajstić information content (AvgIpc) is 2.29. The van der Waals surface area contributed by atoms with Crippen LogP contribution >= 0.6 is 11.6 Å². The van der Waals surface area contributed by atoms with Crippen LogP contribution in [0.2, 0.25) is 5.02 Å². The molecule has 90 valence electrons. The second kappa shape index (κ2) is 6.50. The highest BCUT2D eigenvalue weighted by Gasteiger charge is 2.12. The minimum Gasteiger partial charge on any atom is -0.380 e. The molecule has 1 aromatic rings. The summed E-state index contributed by atoms with van der Waals surface area (Å²) in [4.78, 5) is 19.7. The summed E-state index contributed by atoms with van der Waals surface area (Å²) in [6.45, 7) is 6.58. The fourth-order valence-corrected chi connectivity index (χ4v) is 1.55. The van der Waals surface area contributed by atoms with Gasteiger partial charge in [0.05, 0.1) is 12.9 Å². The highest BCUT2D eigenvalue weighted by atomic mass is 35.5. The van der Waals surface area contributed by atoms with E-state index in [1.807, 2.05) is 18.7 Å². The SMILES string of the molecule is CCOCCN(CC)c1nc[nH]c(=O)c1Cl. The van der Waals surface area contributed by atoms with E-state index in [4.69, 9.17) is 16.3 Å². The van der Waals surface area contributed by atoms with Gasteiger partial charge in [-0.1, -0.05) is 11.6 Å². The Morgan fingerprint density at radius 1 is 1.56 bits per heavy atom. The van der Waals surface area contributed by atoms with E-state index < -0.39 is 0 Å². The first-order chi connectivity index (χ1) is 7.70. The van der Waals surface area contributed by atoms with Gasteiger partial charge in [-0.05, 0) is 13.8 Å². The Morgan fingerprint density at radius 2 is 2.31 bits per heavy atom. The van der Waals surface area contributed by atoms with Gasteiger partial charge in [-0.25, -0.2) is 4.98 Å². The topological polar surface area (TPSA) is 58.2 Å². The van der Waals surface area contributed by atoms with E-state index >= 15 is 0 Å². The van der Waals surface area contributed by atoms with Gasteiger partial charge in [-0.3, -0.25) is 4.79 Å². The van der Waals surface area contributed by atoms with Crippen LogP contribution in [0.1, 0.15) is 13.8 Å². The first-order valence-electron chi connectivity index (χ1n) is 5.26. The second-order valence-electron chi connectivity index (χ2n) is 3.15. The Balaban J connectivity index is 2.78. The number of halogens is 1. The summed E-state index contributed by atoms with van der Waals surface area (Å²) in [5.74, 6) is 0.507. The number of nitrogens with one attached hydrogen (secondary N) is 1. The van der Waals surface area contributed by atoms with Crippen LogP contribution in [0, 0.1) is 0 Å². The van der Waals surface area contributed by atoms with E-state index in [1.54, 1.807) is 0 Å². The van der Waals surface area contributed by atoms with Gasteiger partial charge in [0.1, 0.15) is 5.02 Å². The average molecular weight is 246 g/mol. The minimum atomic E-state index is -0.318. The first kappa shape index (κ1) is 13.0. The Bertz CT molecular complexity index is 381. The van der Waals surface area contributed by atoms with Gasteiger partial charge >= 0.3 is 0 Å². The molecule has 1 N–H and O–H groups in total. The van der Waals surface area contributed by atoms with Crippen molar-refractivity contribution < 1.29 is 4.74 Å². The molecule has 0 saturated carbocycles. The summed E-state index contributed by atoms with van der Waals surface area (Å²) in [6, 6.07) is 0. The lowest BCUT2D eigenvalue weighted by atomic mass is 10.4. The van der Waals surface area contributed by atoms with Crippen molar-refractivity contribution in [1.29, 1.82) is 0 Å². The van der Waals surface area contributed by atoms with Gasteiger partial charge in [0.2, 0.25) is 0 Å². The van der Waals surface area contributed by atoms with Crippen LogP contribution in [0.15, 0.2) is 11.1 Å². The number of ether oxygens (including phenoxy) is 1. The monoisotopic (exact) mass is 245 g/mol. The fourth-order valence-electron chi connectivity index (χ4n) is 1.33. The van der Waals surface area contributed by atoms with Gasteiger partial charge < -0.3 is 14.6 Å². The third-order valence-electron chi connectivity index (χ3n) is 2.17. The van der Waals surface area contributed by atoms with Crippen LogP contribution in [0.5, 0.6) is 0 Å². The second-order valence-corrected chi connectivity index (χ2v) is 3.52. The van der Waals surface area contributed by atoms with Gasteiger partial charge in [0, 0.05) is 19.7 Å². The summed E-state index contributed by atoms with van der Waals surface area (Å²) in [7, 11) is 0. The number of aromatic amines is 1. The molecular formula is C10H16ClN3O2. The molecule has 0 fully saturated rings. The highest BCUT2D eigenvalue weighted by Crippen LogP contribution is 2.17. The molecule has 0 aliphatic rings. The van der Waals surface area contributed by atoms with Crippen LogP contribution in [-0.2, 0) is 4.74 Å². The summed E-state index contributed by atoms with van der Waals surface area (Å²) >= 11 is 5.89. The van der Waals surface area contributed by atoms with Crippen molar-refractivity contribution >= 4 is 17.4 Å². The fraction of sp³-hybridized carbons (Fsp3) is 0.600. The standard InChI is InChI=1S/C10H16ClN3O2/c1-3-14(5-6-16-4-2)9-8(11)10(15)13-7-12-9/h7H,3-6H2,1-2H3,(H,12,13,15). The summed E-state index contributed by atoms with van der Waals surface area (Å²) in [5.41, 5.74) is -0.318. The van der Waals surface area contributed by atoms with Crippen LogP contribution in [0.4, 0.5) is 5.82 Å². The van der Waals surface area contributed by atoms with E-state index in [0.717, 1.165) is 6.54 Å². The van der Waals surface area contributed by atoms with E-state index in [-0.39, 0.29) is 10.6 Å². The molecule has 0 saturated heterocycles. The molecule has 0 aromatic carbocycles.